The first-order valence-corrected chi connectivity index (χ1v) is 5.72. The summed E-state index contributed by atoms with van der Waals surface area (Å²) in [4.78, 5) is 13.1. The maximum atomic E-state index is 11.6. The number of hydrogen-bond donors (Lipinski definition) is 1. The van der Waals surface area contributed by atoms with Crippen LogP contribution in [0.2, 0.25) is 0 Å². The van der Waals surface area contributed by atoms with Gasteiger partial charge in [0.05, 0.1) is 0 Å². The Hall–Kier alpha value is -1.56. The topological polar surface area (TPSA) is 59.4 Å². The van der Waals surface area contributed by atoms with E-state index < -0.39 is 0 Å². The monoisotopic (exact) mass is 240 g/mol. The molecule has 6 nitrogen and oxygen atoms in total. The van der Waals surface area contributed by atoms with Crippen molar-refractivity contribution in [2.75, 3.05) is 32.6 Å². The summed E-state index contributed by atoms with van der Waals surface area (Å²) >= 11 is 0. The summed E-state index contributed by atoms with van der Waals surface area (Å²) in [5, 5.41) is 6.97. The van der Waals surface area contributed by atoms with Gasteiger partial charge in [-0.3, -0.25) is 10.00 Å². The van der Waals surface area contributed by atoms with Crippen molar-refractivity contribution in [3.63, 3.8) is 0 Å². The standard InChI is InChI=1S/C11H20N4O2/c1-4-14(2)11(16)12-10-6-8-15(13-10)7-5-9-17-3/h6,8H,4-5,7,9H2,1-3H3,(H,12,13,16). The van der Waals surface area contributed by atoms with Crippen LogP contribution < -0.4 is 5.32 Å². The second-order valence-corrected chi connectivity index (χ2v) is 3.75. The van der Waals surface area contributed by atoms with Crippen LogP contribution in [-0.2, 0) is 11.3 Å². The fraction of sp³-hybridized carbons (Fsp3) is 0.636. The van der Waals surface area contributed by atoms with Crippen LogP contribution in [0, 0.1) is 0 Å². The van der Waals surface area contributed by atoms with Crippen molar-refractivity contribution in [3.05, 3.63) is 12.3 Å². The molecule has 0 atom stereocenters. The van der Waals surface area contributed by atoms with Gasteiger partial charge in [0, 0.05) is 46.1 Å². The van der Waals surface area contributed by atoms with Gasteiger partial charge in [-0.2, -0.15) is 5.10 Å². The number of anilines is 1. The number of urea groups is 1. The second kappa shape index (κ2) is 6.90. The fourth-order valence-corrected chi connectivity index (χ4v) is 1.27. The first-order chi connectivity index (χ1) is 8.17. The summed E-state index contributed by atoms with van der Waals surface area (Å²) in [6.45, 7) is 4.08. The van der Waals surface area contributed by atoms with Crippen LogP contribution in [0.15, 0.2) is 12.3 Å². The quantitative estimate of drug-likeness (QED) is 0.765. The van der Waals surface area contributed by atoms with Crippen molar-refractivity contribution in [1.29, 1.82) is 0 Å². The highest BCUT2D eigenvalue weighted by Crippen LogP contribution is 2.04. The van der Waals surface area contributed by atoms with E-state index in [0.717, 1.165) is 13.0 Å². The Morgan fingerprint density at radius 1 is 1.65 bits per heavy atom. The Kier molecular flexibility index (Phi) is 5.48. The number of amides is 2. The average Bonchev–Trinajstić information content (AvgIpc) is 2.76. The minimum Gasteiger partial charge on any atom is -0.385 e. The van der Waals surface area contributed by atoms with Crippen LogP contribution in [0.5, 0.6) is 0 Å². The van der Waals surface area contributed by atoms with Crippen molar-refractivity contribution in [3.8, 4) is 0 Å². The van der Waals surface area contributed by atoms with E-state index in [1.165, 1.54) is 0 Å². The van der Waals surface area contributed by atoms with Gasteiger partial charge >= 0.3 is 6.03 Å². The lowest BCUT2D eigenvalue weighted by Gasteiger charge is -2.13. The predicted molar refractivity (Wildman–Crippen MR) is 66.0 cm³/mol. The zero-order valence-electron chi connectivity index (χ0n) is 10.6. The van der Waals surface area contributed by atoms with Crippen LogP contribution in [0.25, 0.3) is 0 Å². The minimum atomic E-state index is -0.144. The van der Waals surface area contributed by atoms with E-state index in [0.29, 0.717) is 19.0 Å². The Morgan fingerprint density at radius 2 is 2.41 bits per heavy atom. The van der Waals surface area contributed by atoms with Crippen molar-refractivity contribution >= 4 is 11.8 Å². The number of nitrogens with zero attached hydrogens (tertiary/aromatic N) is 3. The molecule has 2 amide bonds. The molecule has 17 heavy (non-hydrogen) atoms. The molecule has 0 aromatic carbocycles. The highest BCUT2D eigenvalue weighted by atomic mass is 16.5. The first-order valence-electron chi connectivity index (χ1n) is 5.72. The van der Waals surface area contributed by atoms with Gasteiger partial charge in [-0.25, -0.2) is 4.79 Å². The molecule has 0 saturated heterocycles. The molecular weight excluding hydrogens is 220 g/mol. The van der Waals surface area contributed by atoms with Gasteiger partial charge in [-0.15, -0.1) is 0 Å². The van der Waals surface area contributed by atoms with Crippen molar-refractivity contribution in [2.45, 2.75) is 19.9 Å². The molecule has 1 aromatic rings. The molecule has 0 aliphatic carbocycles. The number of aromatic nitrogens is 2. The largest absolute Gasteiger partial charge is 0.385 e. The lowest BCUT2D eigenvalue weighted by molar-refractivity contribution is 0.189. The number of aryl methyl sites for hydroxylation is 1. The normalized spacial score (nSPS) is 10.3. The van der Waals surface area contributed by atoms with E-state index in [4.69, 9.17) is 4.74 Å². The maximum absolute atomic E-state index is 11.6. The number of ether oxygens (including phenoxy) is 1. The summed E-state index contributed by atoms with van der Waals surface area (Å²) in [7, 11) is 3.42. The fourth-order valence-electron chi connectivity index (χ4n) is 1.27. The van der Waals surface area contributed by atoms with Crippen molar-refractivity contribution in [1.82, 2.24) is 14.7 Å². The van der Waals surface area contributed by atoms with Crippen LogP contribution in [0.1, 0.15) is 13.3 Å². The zero-order chi connectivity index (χ0) is 12.7. The number of nitrogens with one attached hydrogen (secondary N) is 1. The third-order valence-corrected chi connectivity index (χ3v) is 2.43. The van der Waals surface area contributed by atoms with Gasteiger partial charge in [-0.05, 0) is 13.3 Å². The van der Waals surface area contributed by atoms with Gasteiger partial charge in [0.25, 0.3) is 0 Å². The number of methoxy groups -OCH3 is 1. The average molecular weight is 240 g/mol. The number of carbonyl (C=O) groups excluding carboxylic acids is 1. The molecule has 1 N–H and O–H groups in total. The van der Waals surface area contributed by atoms with E-state index in [9.17, 15) is 4.79 Å². The molecule has 1 aromatic heterocycles. The molecule has 96 valence electrons. The Balaban J connectivity index is 2.42. The minimum absolute atomic E-state index is 0.144. The van der Waals surface area contributed by atoms with Crippen LogP contribution in [0.4, 0.5) is 10.6 Å². The molecule has 0 saturated carbocycles. The third-order valence-electron chi connectivity index (χ3n) is 2.43. The molecule has 0 unspecified atom stereocenters. The van der Waals surface area contributed by atoms with Gasteiger partial charge in [0.15, 0.2) is 5.82 Å². The molecule has 1 rings (SSSR count). The van der Waals surface area contributed by atoms with E-state index in [1.54, 1.807) is 29.8 Å². The molecule has 0 bridgehead atoms. The molecule has 0 spiro atoms. The highest BCUT2D eigenvalue weighted by molar-refractivity contribution is 5.87. The number of hydrogen-bond acceptors (Lipinski definition) is 3. The van der Waals surface area contributed by atoms with Crippen molar-refractivity contribution in [2.24, 2.45) is 0 Å². The zero-order valence-corrected chi connectivity index (χ0v) is 10.6. The Bertz CT molecular complexity index is 351. The molecule has 6 heteroatoms. The lowest BCUT2D eigenvalue weighted by atomic mass is 10.4. The number of rotatable bonds is 6. The lowest BCUT2D eigenvalue weighted by Crippen LogP contribution is -2.31. The maximum Gasteiger partial charge on any atom is 0.322 e. The third kappa shape index (κ3) is 4.44. The molecule has 0 fully saturated rings. The van der Waals surface area contributed by atoms with E-state index in [2.05, 4.69) is 10.4 Å². The molecule has 1 heterocycles. The molecule has 0 aliphatic heterocycles. The van der Waals surface area contributed by atoms with E-state index in [-0.39, 0.29) is 6.03 Å². The summed E-state index contributed by atoms with van der Waals surface area (Å²) in [6.07, 6.45) is 2.75. The summed E-state index contributed by atoms with van der Waals surface area (Å²) < 4.78 is 6.76. The second-order valence-electron chi connectivity index (χ2n) is 3.75. The van der Waals surface area contributed by atoms with Gasteiger partial charge < -0.3 is 9.64 Å². The molecule has 0 radical (unpaired) electrons. The SMILES string of the molecule is CCN(C)C(=O)Nc1ccn(CCCOC)n1. The molecular formula is C11H20N4O2. The molecule has 0 aliphatic rings. The Labute approximate surface area is 102 Å². The number of carbonyl (C=O) groups is 1. The summed E-state index contributed by atoms with van der Waals surface area (Å²) in [5.41, 5.74) is 0. The van der Waals surface area contributed by atoms with Gasteiger partial charge in [-0.1, -0.05) is 0 Å². The van der Waals surface area contributed by atoms with E-state index in [1.807, 2.05) is 13.1 Å². The van der Waals surface area contributed by atoms with Crippen LogP contribution in [-0.4, -0.2) is 48.0 Å². The first kappa shape index (κ1) is 13.5. The predicted octanol–water partition coefficient (Wildman–Crippen LogP) is 1.40. The van der Waals surface area contributed by atoms with Gasteiger partial charge in [0.1, 0.15) is 0 Å². The highest BCUT2D eigenvalue weighted by Gasteiger charge is 2.07. The Morgan fingerprint density at radius 3 is 3.06 bits per heavy atom. The summed E-state index contributed by atoms with van der Waals surface area (Å²) in [5.74, 6) is 0.577. The van der Waals surface area contributed by atoms with E-state index >= 15 is 0 Å². The van der Waals surface area contributed by atoms with Gasteiger partial charge in [0.2, 0.25) is 0 Å². The smallest absolute Gasteiger partial charge is 0.322 e. The summed E-state index contributed by atoms with van der Waals surface area (Å²) in [6, 6.07) is 1.64. The van der Waals surface area contributed by atoms with Crippen molar-refractivity contribution < 1.29 is 9.53 Å². The van der Waals surface area contributed by atoms with Crippen LogP contribution >= 0.6 is 0 Å². The van der Waals surface area contributed by atoms with Crippen LogP contribution in [0.3, 0.4) is 0 Å².